The van der Waals surface area contributed by atoms with Gasteiger partial charge in [0.2, 0.25) is 0 Å². The van der Waals surface area contributed by atoms with Crippen LogP contribution in [0.15, 0.2) is 152 Å². The molecule has 0 saturated heterocycles. The van der Waals surface area contributed by atoms with E-state index in [1.54, 1.807) is 11.3 Å². The van der Waals surface area contributed by atoms with E-state index in [9.17, 15) is 0 Å². The van der Waals surface area contributed by atoms with E-state index in [4.69, 9.17) is 24.9 Å². The third kappa shape index (κ3) is 4.92. The first kappa shape index (κ1) is 27.2. The van der Waals surface area contributed by atoms with Crippen molar-refractivity contribution in [3.63, 3.8) is 0 Å². The van der Waals surface area contributed by atoms with Crippen LogP contribution in [0.2, 0.25) is 0 Å². The molecule has 9 aromatic rings. The van der Waals surface area contributed by atoms with Crippen LogP contribution in [0.1, 0.15) is 0 Å². The van der Waals surface area contributed by atoms with Crippen LogP contribution in [0.3, 0.4) is 0 Å². The predicted octanol–water partition coefficient (Wildman–Crippen LogP) is 10.5. The summed E-state index contributed by atoms with van der Waals surface area (Å²) >= 11 is 1.75. The van der Waals surface area contributed by atoms with Crippen LogP contribution >= 0.6 is 11.3 Å². The Kier molecular flexibility index (Phi) is 6.58. The number of benzene rings is 6. The average Bonchev–Trinajstić information content (AvgIpc) is 3.55. The summed E-state index contributed by atoms with van der Waals surface area (Å²) in [5.41, 5.74) is 6.69. The van der Waals surface area contributed by atoms with Crippen molar-refractivity contribution in [3.05, 3.63) is 152 Å². The normalized spacial score (nSPS) is 11.4. The topological polar surface area (TPSA) is 64.5 Å². The van der Waals surface area contributed by atoms with Crippen molar-refractivity contribution in [2.75, 3.05) is 0 Å². The fraction of sp³-hybridized carbons (Fsp3) is 0. The number of hydrogen-bond donors (Lipinski definition) is 0. The Balaban J connectivity index is 1.20. The first-order valence-corrected chi connectivity index (χ1v) is 16.3. The van der Waals surface area contributed by atoms with Gasteiger partial charge in [-0.05, 0) is 16.8 Å². The Morgan fingerprint density at radius 2 is 0.830 bits per heavy atom. The van der Waals surface area contributed by atoms with Crippen LogP contribution in [0.5, 0.6) is 0 Å². The fourth-order valence-corrected chi connectivity index (χ4v) is 7.20. The molecule has 47 heavy (non-hydrogen) atoms. The van der Waals surface area contributed by atoms with Crippen molar-refractivity contribution in [2.45, 2.75) is 0 Å². The minimum absolute atomic E-state index is 0.612. The summed E-state index contributed by atoms with van der Waals surface area (Å²) in [5.74, 6) is 2.56. The highest BCUT2D eigenvalue weighted by Crippen LogP contribution is 2.42. The second-order valence-electron chi connectivity index (χ2n) is 11.3. The highest BCUT2D eigenvalue weighted by Gasteiger charge is 2.19. The first-order valence-electron chi connectivity index (χ1n) is 15.4. The second-order valence-corrected chi connectivity index (χ2v) is 12.4. The molecule has 0 atom stereocenters. The van der Waals surface area contributed by atoms with Crippen molar-refractivity contribution in [2.24, 2.45) is 0 Å². The van der Waals surface area contributed by atoms with Crippen LogP contribution in [0, 0.1) is 0 Å². The van der Waals surface area contributed by atoms with Gasteiger partial charge < -0.3 is 0 Å². The van der Waals surface area contributed by atoms with Gasteiger partial charge in [-0.15, -0.1) is 11.3 Å². The molecule has 0 bridgehead atoms. The highest BCUT2D eigenvalue weighted by molar-refractivity contribution is 7.26. The molecule has 0 amide bonds. The molecule has 0 unspecified atom stereocenters. The van der Waals surface area contributed by atoms with Gasteiger partial charge in [0, 0.05) is 37.9 Å². The van der Waals surface area contributed by atoms with E-state index in [1.165, 1.54) is 20.9 Å². The van der Waals surface area contributed by atoms with Gasteiger partial charge in [-0.25, -0.2) is 24.9 Å². The molecular formula is C41H25N5S. The lowest BCUT2D eigenvalue weighted by Gasteiger charge is -2.10. The predicted molar refractivity (Wildman–Crippen MR) is 193 cm³/mol. The van der Waals surface area contributed by atoms with E-state index >= 15 is 0 Å². The summed E-state index contributed by atoms with van der Waals surface area (Å²) in [5, 5.41) is 3.58. The molecular weight excluding hydrogens is 595 g/mol. The molecule has 5 nitrogen and oxygen atoms in total. The molecule has 0 aliphatic carbocycles. The zero-order chi connectivity index (χ0) is 31.2. The van der Waals surface area contributed by atoms with Crippen LogP contribution in [-0.2, 0) is 0 Å². The van der Waals surface area contributed by atoms with Crippen LogP contribution in [-0.4, -0.2) is 24.9 Å². The summed E-state index contributed by atoms with van der Waals surface area (Å²) in [7, 11) is 0. The Hall–Kier alpha value is -6.11. The molecule has 0 aliphatic rings. The van der Waals surface area contributed by atoms with Gasteiger partial charge in [-0.3, -0.25) is 0 Å². The second kappa shape index (κ2) is 11.4. The Bertz CT molecular complexity index is 2490. The lowest BCUT2D eigenvalue weighted by Crippen LogP contribution is -2.00. The zero-order valence-corrected chi connectivity index (χ0v) is 25.9. The zero-order valence-electron chi connectivity index (χ0n) is 25.1. The number of nitrogens with zero attached hydrogens (tertiary/aromatic N) is 5. The fourth-order valence-electron chi connectivity index (χ4n) is 6.03. The summed E-state index contributed by atoms with van der Waals surface area (Å²) in [6.07, 6.45) is 0. The van der Waals surface area contributed by atoms with Crippen LogP contribution in [0.4, 0.5) is 0 Å². The summed E-state index contributed by atoms with van der Waals surface area (Å²) < 4.78 is 2.30. The number of thiophene rings is 1. The summed E-state index contributed by atoms with van der Waals surface area (Å²) in [4.78, 5) is 25.1. The molecule has 0 N–H and O–H groups in total. The third-order valence-electron chi connectivity index (χ3n) is 8.35. The number of rotatable bonds is 5. The standard InChI is InChI=1S/C41H25N5S/c1-4-13-27(14-5-1)35-37-36(34-32-19-11-10-12-26(32)24-25-33(34)47-37)43-38(42-35)30-20-22-31(23-21-30)41-45-39(28-15-6-2-7-16-28)44-40(46-41)29-17-8-3-9-18-29/h1-25H. The van der Waals surface area contributed by atoms with Crippen molar-refractivity contribution in [1.29, 1.82) is 0 Å². The van der Waals surface area contributed by atoms with Crippen molar-refractivity contribution in [3.8, 4) is 56.8 Å². The maximum Gasteiger partial charge on any atom is 0.164 e. The van der Waals surface area contributed by atoms with E-state index in [0.29, 0.717) is 23.3 Å². The molecule has 0 saturated carbocycles. The van der Waals surface area contributed by atoms with Gasteiger partial charge in [0.05, 0.1) is 15.9 Å². The van der Waals surface area contributed by atoms with E-state index in [2.05, 4.69) is 72.8 Å². The van der Waals surface area contributed by atoms with E-state index < -0.39 is 0 Å². The monoisotopic (exact) mass is 619 g/mol. The van der Waals surface area contributed by atoms with Gasteiger partial charge >= 0.3 is 0 Å². The molecule has 3 heterocycles. The van der Waals surface area contributed by atoms with Crippen molar-refractivity contribution in [1.82, 2.24) is 24.9 Å². The van der Waals surface area contributed by atoms with Crippen molar-refractivity contribution < 1.29 is 0 Å². The molecule has 0 aliphatic heterocycles. The van der Waals surface area contributed by atoms with E-state index in [-0.39, 0.29) is 0 Å². The Morgan fingerprint density at radius 3 is 1.40 bits per heavy atom. The minimum atomic E-state index is 0.612. The SMILES string of the molecule is c1ccc(-c2nc(-c3ccccc3)nc(-c3ccc(-c4nc(-c5ccccc5)c5sc6ccc7ccccc7c6c5n4)cc3)n2)cc1. The van der Waals surface area contributed by atoms with E-state index in [1.807, 2.05) is 78.9 Å². The third-order valence-corrected chi connectivity index (χ3v) is 9.50. The van der Waals surface area contributed by atoms with E-state index in [0.717, 1.165) is 43.7 Å². The Labute approximate surface area is 275 Å². The Morgan fingerprint density at radius 1 is 0.362 bits per heavy atom. The van der Waals surface area contributed by atoms with Gasteiger partial charge in [-0.2, -0.15) is 0 Å². The number of hydrogen-bond acceptors (Lipinski definition) is 6. The molecule has 3 aromatic heterocycles. The quantitative estimate of drug-likeness (QED) is 0.192. The molecule has 0 fully saturated rings. The molecule has 6 aromatic carbocycles. The minimum Gasteiger partial charge on any atom is -0.226 e. The smallest absolute Gasteiger partial charge is 0.164 e. The molecule has 0 radical (unpaired) electrons. The first-order chi connectivity index (χ1) is 23.3. The summed E-state index contributed by atoms with van der Waals surface area (Å²) in [6, 6.07) is 51.6. The lowest BCUT2D eigenvalue weighted by molar-refractivity contribution is 1.07. The average molecular weight is 620 g/mol. The molecule has 6 heteroatoms. The maximum absolute atomic E-state index is 5.24. The number of aromatic nitrogens is 5. The van der Waals surface area contributed by atoms with Gasteiger partial charge in [0.15, 0.2) is 23.3 Å². The largest absolute Gasteiger partial charge is 0.226 e. The van der Waals surface area contributed by atoms with Gasteiger partial charge in [-0.1, -0.05) is 146 Å². The summed E-state index contributed by atoms with van der Waals surface area (Å²) in [6.45, 7) is 0. The highest BCUT2D eigenvalue weighted by atomic mass is 32.1. The van der Waals surface area contributed by atoms with Crippen molar-refractivity contribution >= 4 is 42.4 Å². The maximum atomic E-state index is 5.24. The van der Waals surface area contributed by atoms with Gasteiger partial charge in [0.25, 0.3) is 0 Å². The molecule has 220 valence electrons. The van der Waals surface area contributed by atoms with Gasteiger partial charge in [0.1, 0.15) is 0 Å². The molecule has 9 rings (SSSR count). The lowest BCUT2D eigenvalue weighted by atomic mass is 10.0. The molecule has 0 spiro atoms. The van der Waals surface area contributed by atoms with Crippen LogP contribution < -0.4 is 0 Å². The number of fused-ring (bicyclic) bond motifs is 5. The van der Waals surface area contributed by atoms with Crippen LogP contribution in [0.25, 0.3) is 87.9 Å².